The van der Waals surface area contributed by atoms with Crippen LogP contribution in [0.15, 0.2) is 99.0 Å². The Kier molecular flexibility index (Phi) is 4.78. The zero-order valence-electron chi connectivity index (χ0n) is 15.6. The second-order valence-electron chi connectivity index (χ2n) is 6.48. The fourth-order valence-corrected chi connectivity index (χ4v) is 3.81. The molecular formula is C23H15FN4OS. The Morgan fingerprint density at radius 2 is 1.90 bits per heavy atom. The molecule has 0 aliphatic rings. The van der Waals surface area contributed by atoms with Gasteiger partial charge in [0.1, 0.15) is 17.1 Å². The van der Waals surface area contributed by atoms with E-state index in [0.717, 1.165) is 22.2 Å². The van der Waals surface area contributed by atoms with Crippen molar-refractivity contribution in [1.29, 1.82) is 0 Å². The maximum Gasteiger partial charge on any atom is 0.211 e. The highest BCUT2D eigenvalue weighted by Gasteiger charge is 2.13. The molecule has 0 atom stereocenters. The molecule has 3 heterocycles. The largest absolute Gasteiger partial charge is 0.454 e. The Balaban J connectivity index is 1.65. The highest BCUT2D eigenvalue weighted by molar-refractivity contribution is 7.07. The van der Waals surface area contributed by atoms with E-state index < -0.39 is 0 Å². The Bertz CT molecular complexity index is 1370. The Morgan fingerprint density at radius 3 is 2.70 bits per heavy atom. The van der Waals surface area contributed by atoms with E-state index in [2.05, 4.69) is 15.1 Å². The number of fused-ring (bicyclic) bond motifs is 1. The topological polar surface area (TPSA) is 55.7 Å². The summed E-state index contributed by atoms with van der Waals surface area (Å²) in [6, 6.07) is 19.6. The van der Waals surface area contributed by atoms with Crippen LogP contribution in [0.4, 0.5) is 10.1 Å². The molecule has 7 heteroatoms. The van der Waals surface area contributed by atoms with Crippen molar-refractivity contribution in [3.8, 4) is 11.5 Å². The van der Waals surface area contributed by atoms with Gasteiger partial charge in [-0.15, -0.1) is 11.3 Å². The molecule has 0 N–H and O–H groups in total. The van der Waals surface area contributed by atoms with Crippen molar-refractivity contribution in [2.24, 2.45) is 10.1 Å². The molecule has 5 rings (SSSR count). The summed E-state index contributed by atoms with van der Waals surface area (Å²) in [6.07, 6.45) is 5.16. The Labute approximate surface area is 175 Å². The number of rotatable bonds is 4. The minimum atomic E-state index is -0.300. The third kappa shape index (κ3) is 3.70. The lowest BCUT2D eigenvalue weighted by molar-refractivity contribution is 0.622. The molecule has 2 aromatic carbocycles. The number of nitrogens with zero attached hydrogens (tertiary/aromatic N) is 4. The van der Waals surface area contributed by atoms with Crippen molar-refractivity contribution in [2.45, 2.75) is 0 Å². The number of benzene rings is 2. The molecule has 0 aliphatic carbocycles. The van der Waals surface area contributed by atoms with Crippen LogP contribution in [-0.4, -0.2) is 15.9 Å². The summed E-state index contributed by atoms with van der Waals surface area (Å²) in [5.41, 5.74) is 3.08. The average molecular weight is 414 g/mol. The van der Waals surface area contributed by atoms with Crippen molar-refractivity contribution in [2.75, 3.05) is 0 Å². The van der Waals surface area contributed by atoms with Crippen LogP contribution in [0.25, 0.3) is 22.4 Å². The van der Waals surface area contributed by atoms with Crippen molar-refractivity contribution in [1.82, 2.24) is 9.66 Å². The zero-order valence-corrected chi connectivity index (χ0v) is 16.5. The highest BCUT2D eigenvalue weighted by atomic mass is 32.1. The highest BCUT2D eigenvalue weighted by Crippen LogP contribution is 2.28. The quantitative estimate of drug-likeness (QED) is 0.359. The van der Waals surface area contributed by atoms with Gasteiger partial charge in [-0.05, 0) is 42.5 Å². The summed E-state index contributed by atoms with van der Waals surface area (Å²) >= 11 is 1.43. The summed E-state index contributed by atoms with van der Waals surface area (Å²) < 4.78 is 21.0. The molecule has 3 aromatic heterocycles. The molecule has 0 radical (unpaired) electrons. The van der Waals surface area contributed by atoms with Crippen LogP contribution in [0.5, 0.6) is 0 Å². The van der Waals surface area contributed by atoms with Gasteiger partial charge < -0.3 is 4.42 Å². The SMILES string of the molecule is Fc1ccc(N=c2scc(-c3cc4ccccc4o3)n2N=Cc2cccnc2)cc1. The molecule has 5 aromatic rings. The number of pyridine rings is 1. The minimum absolute atomic E-state index is 0.300. The van der Waals surface area contributed by atoms with Gasteiger partial charge in [0, 0.05) is 28.7 Å². The lowest BCUT2D eigenvalue weighted by Gasteiger charge is -2.00. The van der Waals surface area contributed by atoms with Crippen LogP contribution in [-0.2, 0) is 0 Å². The van der Waals surface area contributed by atoms with Gasteiger partial charge in [0.05, 0.1) is 11.9 Å². The van der Waals surface area contributed by atoms with Gasteiger partial charge in [-0.25, -0.2) is 14.1 Å². The minimum Gasteiger partial charge on any atom is -0.454 e. The van der Waals surface area contributed by atoms with Gasteiger partial charge in [0.2, 0.25) is 4.80 Å². The fraction of sp³-hybridized carbons (Fsp3) is 0. The molecule has 30 heavy (non-hydrogen) atoms. The van der Waals surface area contributed by atoms with E-state index in [-0.39, 0.29) is 5.82 Å². The summed E-state index contributed by atoms with van der Waals surface area (Å²) in [7, 11) is 0. The zero-order chi connectivity index (χ0) is 20.3. The van der Waals surface area contributed by atoms with Gasteiger partial charge >= 0.3 is 0 Å². The maximum atomic E-state index is 13.3. The van der Waals surface area contributed by atoms with Crippen molar-refractivity contribution < 1.29 is 8.81 Å². The van der Waals surface area contributed by atoms with Gasteiger partial charge in [0.25, 0.3) is 0 Å². The number of furan rings is 1. The van der Waals surface area contributed by atoms with Crippen LogP contribution < -0.4 is 4.80 Å². The predicted molar refractivity (Wildman–Crippen MR) is 116 cm³/mol. The number of para-hydroxylation sites is 1. The Hall–Kier alpha value is -3.84. The van der Waals surface area contributed by atoms with Gasteiger partial charge in [0.15, 0.2) is 5.76 Å². The van der Waals surface area contributed by atoms with Crippen LogP contribution in [0.2, 0.25) is 0 Å². The molecule has 0 saturated heterocycles. The first-order valence-electron chi connectivity index (χ1n) is 9.20. The molecular weight excluding hydrogens is 399 g/mol. The smallest absolute Gasteiger partial charge is 0.211 e. The standard InChI is InChI=1S/C23H15FN4OS/c24-18-7-9-19(10-8-18)27-23-28(26-14-16-4-3-11-25-13-16)20(15-30-23)22-12-17-5-1-2-6-21(17)29-22/h1-15H. The summed E-state index contributed by atoms with van der Waals surface area (Å²) in [6.45, 7) is 0. The van der Waals surface area contributed by atoms with E-state index in [1.54, 1.807) is 35.4 Å². The first-order valence-corrected chi connectivity index (χ1v) is 10.1. The van der Waals surface area contributed by atoms with E-state index >= 15 is 0 Å². The van der Waals surface area contributed by atoms with E-state index in [9.17, 15) is 4.39 Å². The van der Waals surface area contributed by atoms with Crippen LogP contribution in [0.1, 0.15) is 5.56 Å². The summed E-state index contributed by atoms with van der Waals surface area (Å²) in [4.78, 5) is 9.39. The maximum absolute atomic E-state index is 13.3. The predicted octanol–water partition coefficient (Wildman–Crippen LogP) is 5.61. The van der Waals surface area contributed by atoms with Gasteiger partial charge in [-0.2, -0.15) is 5.10 Å². The number of thiazole rings is 1. The molecule has 0 saturated carbocycles. The van der Waals surface area contributed by atoms with E-state index in [4.69, 9.17) is 4.42 Å². The molecule has 0 spiro atoms. The summed E-state index contributed by atoms with van der Waals surface area (Å²) in [5, 5.41) is 7.59. The van der Waals surface area contributed by atoms with Crippen molar-refractivity contribution >= 4 is 34.2 Å². The number of hydrogen-bond acceptors (Lipinski definition) is 5. The monoisotopic (exact) mass is 414 g/mol. The summed E-state index contributed by atoms with van der Waals surface area (Å²) in [5.74, 6) is 0.391. The normalized spacial score (nSPS) is 12.2. The first-order chi connectivity index (χ1) is 14.8. The number of halogens is 1. The molecule has 146 valence electrons. The molecule has 0 unspecified atom stereocenters. The van der Waals surface area contributed by atoms with E-state index in [0.29, 0.717) is 16.2 Å². The molecule has 0 amide bonds. The Morgan fingerprint density at radius 1 is 1.03 bits per heavy atom. The lowest BCUT2D eigenvalue weighted by Crippen LogP contribution is -2.11. The van der Waals surface area contributed by atoms with Crippen LogP contribution >= 0.6 is 11.3 Å². The van der Waals surface area contributed by atoms with Crippen molar-refractivity contribution in [3.05, 3.63) is 101 Å². The van der Waals surface area contributed by atoms with E-state index in [1.807, 2.05) is 47.8 Å². The number of hydrogen-bond donors (Lipinski definition) is 0. The second kappa shape index (κ2) is 7.88. The molecule has 0 fully saturated rings. The molecule has 0 bridgehead atoms. The lowest BCUT2D eigenvalue weighted by atomic mass is 10.2. The van der Waals surface area contributed by atoms with Crippen LogP contribution in [0.3, 0.4) is 0 Å². The van der Waals surface area contributed by atoms with E-state index in [1.165, 1.54) is 23.5 Å². The van der Waals surface area contributed by atoms with Crippen LogP contribution in [0, 0.1) is 5.82 Å². The third-order valence-electron chi connectivity index (χ3n) is 4.42. The van der Waals surface area contributed by atoms with Gasteiger partial charge in [-0.3, -0.25) is 4.98 Å². The first kappa shape index (κ1) is 18.2. The van der Waals surface area contributed by atoms with Crippen molar-refractivity contribution in [3.63, 3.8) is 0 Å². The van der Waals surface area contributed by atoms with Gasteiger partial charge in [-0.1, -0.05) is 24.3 Å². The number of aromatic nitrogens is 2. The fourth-order valence-electron chi connectivity index (χ4n) is 2.97. The molecule has 5 nitrogen and oxygen atoms in total. The second-order valence-corrected chi connectivity index (χ2v) is 7.32. The average Bonchev–Trinajstić information content (AvgIpc) is 3.38. The molecule has 0 aliphatic heterocycles. The third-order valence-corrected chi connectivity index (χ3v) is 5.24.